The zero-order chi connectivity index (χ0) is 29.3. The van der Waals surface area contributed by atoms with Gasteiger partial charge in [-0.25, -0.2) is 0 Å². The Morgan fingerprint density at radius 2 is 1.49 bits per heavy atom. The van der Waals surface area contributed by atoms with Gasteiger partial charge in [0.25, 0.3) is 0 Å². The fraction of sp³-hybridized carbons (Fsp3) is 0.361. The third-order valence-electron chi connectivity index (χ3n) is 9.12. The second-order valence-corrected chi connectivity index (χ2v) is 13.5. The Hall–Kier alpha value is -3.99. The first kappa shape index (κ1) is 27.2. The van der Waals surface area contributed by atoms with Crippen LogP contribution in [0.5, 0.6) is 17.2 Å². The predicted molar refractivity (Wildman–Crippen MR) is 163 cm³/mol. The maximum absolute atomic E-state index is 12.1. The zero-order valence-corrected chi connectivity index (χ0v) is 24.7. The summed E-state index contributed by atoms with van der Waals surface area (Å²) in [6.07, 6.45) is 2.95. The lowest BCUT2D eigenvalue weighted by atomic mass is 9.52. The topological polar surface area (TPSA) is 76.0 Å². The molecule has 1 fully saturated rings. The van der Waals surface area contributed by atoms with Crippen molar-refractivity contribution in [3.63, 3.8) is 0 Å². The Labute approximate surface area is 241 Å². The molecule has 0 aromatic heterocycles. The van der Waals surface area contributed by atoms with Gasteiger partial charge in [-0.05, 0) is 99.2 Å². The summed E-state index contributed by atoms with van der Waals surface area (Å²) in [5.41, 5.74) is 6.89. The molecule has 212 valence electrons. The normalized spacial score (nSPS) is 17.7. The smallest absolute Gasteiger partial charge is 0.307 e. The monoisotopic (exact) mass is 550 g/mol. The van der Waals surface area contributed by atoms with E-state index in [1.165, 1.54) is 11.1 Å². The summed E-state index contributed by atoms with van der Waals surface area (Å²) in [5.74, 6) is 0.518. The van der Waals surface area contributed by atoms with Crippen LogP contribution < -0.4 is 9.47 Å². The molecule has 4 aromatic rings. The van der Waals surface area contributed by atoms with Gasteiger partial charge >= 0.3 is 5.97 Å². The second-order valence-electron chi connectivity index (χ2n) is 13.5. The number of hydrogen-bond donors (Lipinski definition) is 2. The second kappa shape index (κ2) is 9.27. The van der Waals surface area contributed by atoms with Crippen molar-refractivity contribution in [1.82, 2.24) is 0 Å². The van der Waals surface area contributed by atoms with E-state index in [-0.39, 0.29) is 28.4 Å². The molecule has 2 aliphatic carbocycles. The van der Waals surface area contributed by atoms with Gasteiger partial charge in [0.15, 0.2) is 0 Å². The number of hydrogen-bond acceptors (Lipinski definition) is 4. The number of carbonyl (C=O) groups is 1. The number of phenols is 1. The number of fused-ring (bicyclic) bond motifs is 7. The molecule has 0 bridgehead atoms. The summed E-state index contributed by atoms with van der Waals surface area (Å²) in [4.78, 5) is 12.1. The van der Waals surface area contributed by atoms with Gasteiger partial charge < -0.3 is 19.7 Å². The minimum absolute atomic E-state index is 0.115. The number of phenolic OH excluding ortho intramolecular Hbond substituents is 1. The molecule has 0 unspecified atom stereocenters. The van der Waals surface area contributed by atoms with E-state index in [9.17, 15) is 15.0 Å². The molecular formula is C36H38O5. The number of rotatable bonds is 5. The molecule has 0 radical (unpaired) electrons. The van der Waals surface area contributed by atoms with E-state index in [0.29, 0.717) is 22.4 Å². The van der Waals surface area contributed by atoms with Crippen molar-refractivity contribution in [2.45, 2.75) is 58.8 Å². The zero-order valence-electron chi connectivity index (χ0n) is 24.7. The maximum atomic E-state index is 12.1. The molecule has 4 aromatic carbocycles. The molecule has 0 aliphatic heterocycles. The Balaban J connectivity index is 1.68. The predicted octanol–water partition coefficient (Wildman–Crippen LogP) is 8.36. The van der Waals surface area contributed by atoms with Gasteiger partial charge in [0.1, 0.15) is 17.2 Å². The highest BCUT2D eigenvalue weighted by molar-refractivity contribution is 6.07. The van der Waals surface area contributed by atoms with Crippen molar-refractivity contribution in [3.8, 4) is 39.5 Å². The van der Waals surface area contributed by atoms with Crippen LogP contribution in [0.4, 0.5) is 0 Å². The summed E-state index contributed by atoms with van der Waals surface area (Å²) in [6, 6.07) is 20.0. The summed E-state index contributed by atoms with van der Waals surface area (Å²) < 4.78 is 11.1. The van der Waals surface area contributed by atoms with Crippen molar-refractivity contribution in [3.05, 3.63) is 77.4 Å². The highest BCUT2D eigenvalue weighted by Gasteiger charge is 2.53. The van der Waals surface area contributed by atoms with Crippen LogP contribution in [0.1, 0.15) is 63.6 Å². The van der Waals surface area contributed by atoms with Gasteiger partial charge in [-0.2, -0.15) is 0 Å². The molecule has 2 N–H and O–H groups in total. The molecule has 5 heteroatoms. The number of ether oxygens (including phenoxy) is 2. The summed E-state index contributed by atoms with van der Waals surface area (Å²) >= 11 is 0. The van der Waals surface area contributed by atoms with Crippen LogP contribution >= 0.6 is 0 Å². The number of aliphatic carboxylic acids is 1. The first-order valence-corrected chi connectivity index (χ1v) is 14.3. The van der Waals surface area contributed by atoms with E-state index in [4.69, 9.17) is 9.47 Å². The third kappa shape index (κ3) is 4.34. The van der Waals surface area contributed by atoms with Crippen LogP contribution in [0, 0.1) is 10.8 Å². The summed E-state index contributed by atoms with van der Waals surface area (Å²) in [7, 11) is 3.18. The number of carboxylic acids is 1. The lowest BCUT2D eigenvalue weighted by Crippen LogP contribution is -2.43. The van der Waals surface area contributed by atoms with Gasteiger partial charge in [0.05, 0.1) is 20.6 Å². The molecule has 1 spiro atoms. The van der Waals surface area contributed by atoms with Crippen LogP contribution in [-0.2, 0) is 16.6 Å². The minimum atomic E-state index is -0.914. The standard InChI is InChI=1S/C36H38O5/c1-34(2)18-35(3,4)20-36(19-34)28-10-8-7-9-24(28)33-27-13-21(14-32(38)39)25(16-26(27)30(37)17-29(33)36)23-12-11-22(40-5)15-31(23)41-6/h7-13,15-17,37H,14,18-20H2,1-6H3,(H,38,39). The first-order chi connectivity index (χ1) is 19.4. The fourth-order valence-electron chi connectivity index (χ4n) is 8.50. The van der Waals surface area contributed by atoms with E-state index in [1.54, 1.807) is 20.3 Å². The van der Waals surface area contributed by atoms with Crippen LogP contribution in [0.15, 0.2) is 60.7 Å². The average Bonchev–Trinajstić information content (AvgIpc) is 3.14. The van der Waals surface area contributed by atoms with Gasteiger partial charge in [-0.3, -0.25) is 4.79 Å². The number of aromatic hydroxyl groups is 1. The molecule has 0 saturated heterocycles. The first-order valence-electron chi connectivity index (χ1n) is 14.3. The number of methoxy groups -OCH3 is 2. The number of carboxylic acid groups (broad SMARTS) is 1. The summed E-state index contributed by atoms with van der Waals surface area (Å²) in [6.45, 7) is 9.43. The highest BCUT2D eigenvalue weighted by atomic mass is 16.5. The Kier molecular flexibility index (Phi) is 6.15. The van der Waals surface area contributed by atoms with Crippen molar-refractivity contribution in [1.29, 1.82) is 0 Å². The van der Waals surface area contributed by atoms with Gasteiger partial charge in [0, 0.05) is 22.4 Å². The molecule has 0 amide bonds. The Morgan fingerprint density at radius 1 is 0.780 bits per heavy atom. The number of benzene rings is 4. The van der Waals surface area contributed by atoms with Gasteiger partial charge in [0.2, 0.25) is 0 Å². The Morgan fingerprint density at radius 3 is 2.15 bits per heavy atom. The van der Waals surface area contributed by atoms with E-state index >= 15 is 0 Å². The van der Waals surface area contributed by atoms with Gasteiger partial charge in [-0.1, -0.05) is 52.0 Å². The quantitative estimate of drug-likeness (QED) is 0.261. The van der Waals surface area contributed by atoms with Crippen molar-refractivity contribution in [2.24, 2.45) is 10.8 Å². The lowest BCUT2D eigenvalue weighted by molar-refractivity contribution is -0.136. The molecular weight excluding hydrogens is 512 g/mol. The third-order valence-corrected chi connectivity index (χ3v) is 9.12. The maximum Gasteiger partial charge on any atom is 0.307 e. The Bertz CT molecular complexity index is 1700. The highest BCUT2D eigenvalue weighted by Crippen LogP contribution is 2.64. The molecule has 5 nitrogen and oxygen atoms in total. The van der Waals surface area contributed by atoms with Crippen LogP contribution in [0.25, 0.3) is 33.0 Å². The SMILES string of the molecule is COc1ccc(-c2cc3c(O)cc4c(c3cc2CC(=O)O)-c2ccccc2C42CC(C)(C)CC(C)(C)C2)c(OC)c1. The average molecular weight is 551 g/mol. The largest absolute Gasteiger partial charge is 0.507 e. The molecule has 0 atom stereocenters. The summed E-state index contributed by atoms with van der Waals surface area (Å²) in [5, 5.41) is 23.2. The van der Waals surface area contributed by atoms with Crippen molar-refractivity contribution < 1.29 is 24.5 Å². The van der Waals surface area contributed by atoms with Crippen molar-refractivity contribution in [2.75, 3.05) is 14.2 Å². The van der Waals surface area contributed by atoms with Crippen LogP contribution in [0.2, 0.25) is 0 Å². The van der Waals surface area contributed by atoms with Crippen LogP contribution in [0.3, 0.4) is 0 Å². The van der Waals surface area contributed by atoms with E-state index < -0.39 is 5.97 Å². The minimum Gasteiger partial charge on any atom is -0.507 e. The fourth-order valence-corrected chi connectivity index (χ4v) is 8.50. The van der Waals surface area contributed by atoms with E-state index in [1.807, 2.05) is 30.3 Å². The molecule has 1 saturated carbocycles. The molecule has 6 rings (SSSR count). The van der Waals surface area contributed by atoms with E-state index in [2.05, 4.69) is 52.0 Å². The van der Waals surface area contributed by atoms with E-state index in [0.717, 1.165) is 46.9 Å². The van der Waals surface area contributed by atoms with Gasteiger partial charge in [-0.15, -0.1) is 0 Å². The molecule has 0 heterocycles. The van der Waals surface area contributed by atoms with Crippen molar-refractivity contribution >= 4 is 16.7 Å². The molecule has 41 heavy (non-hydrogen) atoms. The van der Waals surface area contributed by atoms with Crippen LogP contribution in [-0.4, -0.2) is 30.4 Å². The lowest BCUT2D eigenvalue weighted by Gasteiger charge is -2.51. The molecule has 2 aliphatic rings.